The van der Waals surface area contributed by atoms with E-state index in [0.717, 1.165) is 137 Å². The smallest absolute Gasteiger partial charge is 0.151 e. The van der Waals surface area contributed by atoms with Gasteiger partial charge < -0.3 is 28.9 Å². The third kappa shape index (κ3) is 7.30. The Bertz CT molecular complexity index is 4410. The molecule has 0 N–H and O–H groups in total. The molecule has 1 aliphatic carbocycles. The van der Waals surface area contributed by atoms with Gasteiger partial charge in [-0.1, -0.05) is 133 Å². The van der Waals surface area contributed by atoms with Crippen LogP contribution in [-0.4, -0.2) is 16.0 Å². The molecule has 16 rings (SSSR count). The van der Waals surface area contributed by atoms with Crippen LogP contribution in [0.5, 0.6) is 34.5 Å². The Labute approximate surface area is 462 Å². The zero-order chi connectivity index (χ0) is 52.8. The highest BCUT2D eigenvalue weighted by molar-refractivity contribution is 6.24. The number of fused-ring (bicyclic) bond motifs is 12. The van der Waals surface area contributed by atoms with Gasteiger partial charge in [0.25, 0.3) is 0 Å². The summed E-state index contributed by atoms with van der Waals surface area (Å²) >= 11 is 0. The van der Waals surface area contributed by atoms with Gasteiger partial charge in [-0.15, -0.1) is 0 Å². The summed E-state index contributed by atoms with van der Waals surface area (Å²) in [5.74, 6) is 4.75. The molecule has 1 saturated carbocycles. The number of hydrogen-bond acceptors (Lipinski definition) is 9. The normalized spacial score (nSPS) is 17.6. The van der Waals surface area contributed by atoms with Crippen molar-refractivity contribution in [1.29, 1.82) is 5.26 Å². The first-order valence-electron chi connectivity index (χ1n) is 27.3. The molecule has 11 aromatic carbocycles. The van der Waals surface area contributed by atoms with Gasteiger partial charge in [0.1, 0.15) is 0 Å². The molecule has 4 atom stereocenters. The Hall–Kier alpha value is -10.4. The molecule has 4 heterocycles. The van der Waals surface area contributed by atoms with Crippen LogP contribution in [0.4, 0.5) is 45.5 Å². The summed E-state index contributed by atoms with van der Waals surface area (Å²) < 4.78 is 19.7. The highest BCUT2D eigenvalue weighted by atomic mass is 16.5. The number of anilines is 8. The minimum atomic E-state index is -0.122. The third-order valence-electron chi connectivity index (χ3n) is 16.7. The van der Waals surface area contributed by atoms with Crippen molar-refractivity contribution in [2.24, 2.45) is 5.92 Å². The largest absolute Gasteiger partial charge is 0.453 e. The van der Waals surface area contributed by atoms with Gasteiger partial charge in [-0.25, -0.2) is 0 Å². The molecule has 0 amide bonds. The average molecular weight is 1030 g/mol. The summed E-state index contributed by atoms with van der Waals surface area (Å²) in [4.78, 5) is 17.0. The molecule has 9 nitrogen and oxygen atoms in total. The fourth-order valence-corrected chi connectivity index (χ4v) is 13.2. The summed E-state index contributed by atoms with van der Waals surface area (Å²) in [7, 11) is 0. The summed E-state index contributed by atoms with van der Waals surface area (Å²) in [5.41, 5.74) is 14.1. The number of nitriles is 1. The maximum Gasteiger partial charge on any atom is 0.151 e. The Kier molecular flexibility index (Phi) is 10.5. The number of hydrogen-bond donors (Lipinski definition) is 0. The number of aromatic nitrogens is 2. The van der Waals surface area contributed by atoms with Crippen molar-refractivity contribution in [2.75, 3.05) is 14.7 Å². The topological polar surface area (TPSA) is 87.0 Å². The zero-order valence-electron chi connectivity index (χ0n) is 43.2. The second-order valence-electron chi connectivity index (χ2n) is 21.1. The van der Waals surface area contributed by atoms with E-state index in [1.807, 2.05) is 48.5 Å². The fourth-order valence-electron chi connectivity index (χ4n) is 13.2. The van der Waals surface area contributed by atoms with E-state index in [4.69, 9.17) is 24.2 Å². The SMILES string of the molecule is N#CC1CC(c2ccccc2)C(N2c3ccccc3Oc3ccccc32)C(c2ccc(-c3ccc4c(c3)N(c3ccc5c(c3)c3cc(N6c7ccccc7Oc7ccccc76)ccc3c3nccnc53)c3ccccc3O4)cc2)C1. The minimum Gasteiger partial charge on any atom is -0.453 e. The molecule has 0 spiro atoms. The number of para-hydroxylation sites is 10. The molecule has 0 saturated heterocycles. The quantitative estimate of drug-likeness (QED) is 0.151. The molecule has 12 aromatic rings. The van der Waals surface area contributed by atoms with Crippen molar-refractivity contribution in [3.05, 3.63) is 254 Å². The van der Waals surface area contributed by atoms with E-state index >= 15 is 0 Å². The van der Waals surface area contributed by atoms with E-state index in [-0.39, 0.29) is 23.8 Å². The van der Waals surface area contributed by atoms with Crippen LogP contribution in [0.1, 0.15) is 35.8 Å². The number of ether oxygens (including phenoxy) is 3. The Morgan fingerprint density at radius 1 is 0.375 bits per heavy atom. The number of nitrogens with zero attached hydrogens (tertiary/aromatic N) is 6. The van der Waals surface area contributed by atoms with Crippen LogP contribution in [0.25, 0.3) is 43.7 Å². The van der Waals surface area contributed by atoms with E-state index in [2.05, 4.69) is 203 Å². The summed E-state index contributed by atoms with van der Waals surface area (Å²) in [5, 5.41) is 14.9. The second-order valence-corrected chi connectivity index (χ2v) is 21.1. The van der Waals surface area contributed by atoms with Crippen molar-refractivity contribution in [2.45, 2.75) is 30.7 Å². The minimum absolute atomic E-state index is 0.0134. The molecule has 3 aliphatic heterocycles. The molecule has 1 aromatic heterocycles. The van der Waals surface area contributed by atoms with Gasteiger partial charge in [0.15, 0.2) is 34.5 Å². The van der Waals surface area contributed by atoms with Gasteiger partial charge >= 0.3 is 0 Å². The predicted octanol–water partition coefficient (Wildman–Crippen LogP) is 18.9. The molecule has 4 unspecified atom stereocenters. The Morgan fingerprint density at radius 2 is 0.787 bits per heavy atom. The van der Waals surface area contributed by atoms with Gasteiger partial charge in [-0.2, -0.15) is 5.26 Å². The van der Waals surface area contributed by atoms with Crippen molar-refractivity contribution in [1.82, 2.24) is 9.97 Å². The van der Waals surface area contributed by atoms with Gasteiger partial charge in [0.2, 0.25) is 0 Å². The lowest BCUT2D eigenvalue weighted by atomic mass is 9.66. The van der Waals surface area contributed by atoms with Gasteiger partial charge in [-0.3, -0.25) is 9.97 Å². The predicted molar refractivity (Wildman–Crippen MR) is 319 cm³/mol. The molecule has 0 bridgehead atoms. The maximum atomic E-state index is 10.7. The fraction of sp³-hybridized carbons (Fsp3) is 0.0845. The van der Waals surface area contributed by atoms with Crippen LogP contribution < -0.4 is 28.9 Å². The van der Waals surface area contributed by atoms with Crippen LogP contribution in [0.15, 0.2) is 243 Å². The molecule has 0 radical (unpaired) electrons. The lowest BCUT2D eigenvalue weighted by Gasteiger charge is -2.49. The first-order chi connectivity index (χ1) is 39.6. The van der Waals surface area contributed by atoms with Gasteiger partial charge in [-0.05, 0) is 143 Å². The third-order valence-corrected chi connectivity index (χ3v) is 16.7. The first kappa shape index (κ1) is 45.7. The Morgan fingerprint density at radius 3 is 1.29 bits per heavy atom. The van der Waals surface area contributed by atoms with Crippen molar-refractivity contribution >= 4 is 78.1 Å². The second kappa shape index (κ2) is 18.4. The van der Waals surface area contributed by atoms with E-state index in [0.29, 0.717) is 0 Å². The first-order valence-corrected chi connectivity index (χ1v) is 27.3. The average Bonchev–Trinajstić information content (AvgIpc) is 3.56. The molecule has 1 fully saturated rings. The number of rotatable bonds is 6. The molecule has 80 heavy (non-hydrogen) atoms. The standard InChI is InChI=1S/C71H48N6O3/c72-43-44-38-53(46-14-2-1-3-15-46)71(77-60-19-7-12-24-66(60)79-67-25-13-8-20-61(67)77)54(39-44)47-28-26-45(27-29-47)48-30-35-68-62(40-48)76(59-18-6-11-23-65(59)80-68)50-32-34-52-56(42-50)55-41-49(31-33-51(55)69-70(52)74-37-36-73-69)75-57-16-4-9-21-63(57)78-64-22-10-5-17-58(64)75/h1-37,40-42,44,53-54,71H,38-39H2. The Balaban J connectivity index is 0.815. The van der Waals surface area contributed by atoms with E-state index in [9.17, 15) is 5.26 Å². The van der Waals surface area contributed by atoms with Crippen molar-refractivity contribution < 1.29 is 14.2 Å². The monoisotopic (exact) mass is 1030 g/mol. The van der Waals surface area contributed by atoms with E-state index < -0.39 is 0 Å². The van der Waals surface area contributed by atoms with E-state index in [1.165, 1.54) is 11.1 Å². The number of benzene rings is 11. The lowest BCUT2D eigenvalue weighted by molar-refractivity contribution is 0.288. The summed E-state index contributed by atoms with van der Waals surface area (Å²) in [6.07, 6.45) is 5.05. The van der Waals surface area contributed by atoms with Crippen LogP contribution in [0.2, 0.25) is 0 Å². The van der Waals surface area contributed by atoms with Crippen LogP contribution in [-0.2, 0) is 0 Å². The van der Waals surface area contributed by atoms with Crippen molar-refractivity contribution in [3.63, 3.8) is 0 Å². The molecule has 9 heteroatoms. The summed E-state index contributed by atoms with van der Waals surface area (Å²) in [6.45, 7) is 0. The van der Waals surface area contributed by atoms with Crippen LogP contribution in [0.3, 0.4) is 0 Å². The van der Waals surface area contributed by atoms with Gasteiger partial charge in [0, 0.05) is 58.3 Å². The molecular formula is C71H48N6O3. The van der Waals surface area contributed by atoms with Crippen LogP contribution in [0, 0.1) is 17.2 Å². The highest BCUT2D eigenvalue weighted by Gasteiger charge is 2.45. The van der Waals surface area contributed by atoms with Crippen molar-refractivity contribution in [3.8, 4) is 51.7 Å². The van der Waals surface area contributed by atoms with Crippen LogP contribution >= 0.6 is 0 Å². The van der Waals surface area contributed by atoms with E-state index in [1.54, 1.807) is 12.4 Å². The maximum absolute atomic E-state index is 10.7. The lowest BCUT2D eigenvalue weighted by Crippen LogP contribution is -2.46. The molecule has 4 aliphatic rings. The van der Waals surface area contributed by atoms with Gasteiger partial charge in [0.05, 0.1) is 51.2 Å². The molecule has 380 valence electrons. The highest BCUT2D eigenvalue weighted by Crippen LogP contribution is 2.57. The summed E-state index contributed by atoms with van der Waals surface area (Å²) in [6, 6.07) is 83.8. The zero-order valence-corrected chi connectivity index (χ0v) is 43.2. The molecular weight excluding hydrogens is 985 g/mol.